The Labute approximate surface area is 154 Å². The summed E-state index contributed by atoms with van der Waals surface area (Å²) < 4.78 is 10.5. The van der Waals surface area contributed by atoms with Gasteiger partial charge in [-0.1, -0.05) is 29.8 Å². The topological polar surface area (TPSA) is 101 Å². The third kappa shape index (κ3) is 7.07. The van der Waals surface area contributed by atoms with Gasteiger partial charge in [0.25, 0.3) is 0 Å². The minimum absolute atomic E-state index is 0.338. The zero-order valence-corrected chi connectivity index (χ0v) is 16.4. The molecule has 0 spiro atoms. The second-order valence-electron chi connectivity index (χ2n) is 7.98. The van der Waals surface area contributed by atoms with Gasteiger partial charge in [-0.3, -0.25) is 0 Å². The summed E-state index contributed by atoms with van der Waals surface area (Å²) in [7, 11) is 0. The van der Waals surface area contributed by atoms with Gasteiger partial charge in [-0.25, -0.2) is 9.59 Å². The molecule has 7 nitrogen and oxygen atoms in total. The van der Waals surface area contributed by atoms with Crippen molar-refractivity contribution in [3.63, 3.8) is 0 Å². The highest BCUT2D eigenvalue weighted by Crippen LogP contribution is 2.19. The highest BCUT2D eigenvalue weighted by molar-refractivity contribution is 6.36. The van der Waals surface area contributed by atoms with Gasteiger partial charge in [0.2, 0.25) is 0 Å². The summed E-state index contributed by atoms with van der Waals surface area (Å²) in [6.07, 6.45) is -0.743. The molecule has 1 aromatic rings. The Balaban J connectivity index is 3.21. The van der Waals surface area contributed by atoms with E-state index in [0.29, 0.717) is 5.56 Å². The summed E-state index contributed by atoms with van der Waals surface area (Å²) in [5.41, 5.74) is 9.14. The first-order chi connectivity index (χ1) is 11.8. The average Bonchev–Trinajstić information content (AvgIpc) is 2.44. The Morgan fingerprint density at radius 3 is 1.92 bits per heavy atom. The molecule has 0 fully saturated rings. The van der Waals surface area contributed by atoms with Crippen LogP contribution in [0, 0.1) is 6.92 Å². The van der Waals surface area contributed by atoms with E-state index >= 15 is 0 Å². The number of ether oxygens (including phenoxy) is 2. The van der Waals surface area contributed by atoms with Crippen LogP contribution in [0.2, 0.25) is 0 Å². The van der Waals surface area contributed by atoms with Gasteiger partial charge in [0.05, 0.1) is 0 Å². The van der Waals surface area contributed by atoms with Gasteiger partial charge in [-0.05, 0) is 54.0 Å². The van der Waals surface area contributed by atoms with Crippen LogP contribution in [-0.4, -0.2) is 33.8 Å². The molecule has 0 aliphatic heterocycles. The van der Waals surface area contributed by atoms with E-state index in [1.165, 1.54) is 0 Å². The van der Waals surface area contributed by atoms with E-state index in [9.17, 15) is 15.1 Å². The number of rotatable bonds is 4. The van der Waals surface area contributed by atoms with Crippen LogP contribution >= 0.6 is 0 Å². The third-order valence-electron chi connectivity index (χ3n) is 3.06. The number of nitrogens with one attached hydrogen (secondary N) is 1. The molecule has 1 atom stereocenters. The van der Waals surface area contributed by atoms with Crippen molar-refractivity contribution < 1.29 is 23.9 Å². The maximum atomic E-state index is 12.4. The third-order valence-corrected chi connectivity index (χ3v) is 3.06. The van der Waals surface area contributed by atoms with Crippen molar-refractivity contribution in [3.8, 4) is 0 Å². The normalized spacial score (nSPS) is 12.6. The van der Waals surface area contributed by atoms with Crippen LogP contribution in [0.1, 0.15) is 58.7 Å². The van der Waals surface area contributed by atoms with Crippen molar-refractivity contribution in [2.75, 3.05) is 0 Å². The Kier molecular flexibility index (Phi) is 6.70. The maximum Gasteiger partial charge on any atom is 0.420 e. The number of hydrogen-bond acceptors (Lipinski definition) is 4. The fourth-order valence-electron chi connectivity index (χ4n) is 2.04. The summed E-state index contributed by atoms with van der Waals surface area (Å²) in [4.78, 5) is 27.7. The average molecular weight is 361 g/mol. The van der Waals surface area contributed by atoms with Crippen molar-refractivity contribution in [2.24, 2.45) is 0 Å². The Morgan fingerprint density at radius 2 is 1.50 bits per heavy atom. The van der Waals surface area contributed by atoms with Crippen molar-refractivity contribution >= 4 is 17.8 Å². The number of nitrogens with zero attached hydrogens (tertiary/aromatic N) is 2. The van der Waals surface area contributed by atoms with Gasteiger partial charge in [-0.2, -0.15) is 4.79 Å². The lowest BCUT2D eigenvalue weighted by molar-refractivity contribution is -0.151. The predicted octanol–water partition coefficient (Wildman–Crippen LogP) is 3.57. The minimum atomic E-state index is -1.02. The van der Waals surface area contributed by atoms with E-state index in [-0.39, 0.29) is 5.71 Å². The zero-order valence-electron chi connectivity index (χ0n) is 16.4. The van der Waals surface area contributed by atoms with Gasteiger partial charge in [-0.15, -0.1) is 0 Å². The summed E-state index contributed by atoms with van der Waals surface area (Å²) in [5, 5.41) is 2.57. The Morgan fingerprint density at radius 1 is 1.00 bits per heavy atom. The van der Waals surface area contributed by atoms with Crippen LogP contribution in [0.15, 0.2) is 24.3 Å². The molecular weight excluding hydrogens is 334 g/mol. The molecule has 1 rings (SSSR count). The fourth-order valence-corrected chi connectivity index (χ4v) is 2.04. The highest BCUT2D eigenvalue weighted by atomic mass is 16.6. The quantitative estimate of drug-likeness (QED) is 0.383. The number of hydrogen-bond donors (Lipinski definition) is 1. The van der Waals surface area contributed by atoms with Gasteiger partial charge in [0.1, 0.15) is 11.2 Å². The first-order valence-corrected chi connectivity index (χ1v) is 8.34. The molecule has 1 amide bonds. The molecule has 0 aromatic heterocycles. The first-order valence-electron chi connectivity index (χ1n) is 8.34. The van der Waals surface area contributed by atoms with E-state index in [4.69, 9.17) is 9.47 Å². The van der Waals surface area contributed by atoms with Crippen LogP contribution in [0.25, 0.3) is 5.53 Å². The van der Waals surface area contributed by atoms with E-state index in [2.05, 4.69) is 10.1 Å². The molecule has 0 bridgehead atoms. The number of carbonyl (C=O) groups excluding carboxylic acids is 2. The molecule has 142 valence electrons. The number of aryl methyl sites for hydroxylation is 1. The van der Waals surface area contributed by atoms with E-state index in [0.717, 1.165) is 5.56 Å². The second kappa shape index (κ2) is 8.15. The standard InChI is InChI=1S/C19H27N3O4/c1-12-8-10-13(11-9-12)14(21-17(24)26-19(5,6)7)15(22-20)16(23)25-18(2,3)4/h8-11,14H,1-7H3,(H,21,24)/t14-/m1/s1. The van der Waals surface area contributed by atoms with Crippen LogP contribution in [0.5, 0.6) is 0 Å². The highest BCUT2D eigenvalue weighted by Gasteiger charge is 2.38. The fraction of sp³-hybridized carbons (Fsp3) is 0.526. The van der Waals surface area contributed by atoms with Gasteiger partial charge in [0, 0.05) is 0 Å². The largest absolute Gasteiger partial charge is 0.451 e. The van der Waals surface area contributed by atoms with Crippen LogP contribution in [-0.2, 0) is 14.3 Å². The van der Waals surface area contributed by atoms with Crippen molar-refractivity contribution in [3.05, 3.63) is 40.9 Å². The molecule has 0 saturated heterocycles. The summed E-state index contributed by atoms with van der Waals surface area (Å²) in [5.74, 6) is -0.832. The van der Waals surface area contributed by atoms with E-state index < -0.39 is 29.3 Å². The molecule has 0 saturated carbocycles. The number of esters is 1. The van der Waals surface area contributed by atoms with Crippen molar-refractivity contribution in [1.29, 1.82) is 0 Å². The molecular formula is C19H27N3O4. The first kappa shape index (κ1) is 21.4. The lowest BCUT2D eigenvalue weighted by Crippen LogP contribution is -2.42. The maximum absolute atomic E-state index is 12.4. The Bertz CT molecular complexity index is 706. The minimum Gasteiger partial charge on any atom is -0.451 e. The van der Waals surface area contributed by atoms with Gasteiger partial charge in [0.15, 0.2) is 6.04 Å². The molecule has 7 heteroatoms. The predicted molar refractivity (Wildman–Crippen MR) is 97.8 cm³/mol. The van der Waals surface area contributed by atoms with Crippen LogP contribution in [0.4, 0.5) is 4.79 Å². The number of benzene rings is 1. The van der Waals surface area contributed by atoms with Crippen molar-refractivity contribution in [2.45, 2.75) is 65.7 Å². The van der Waals surface area contributed by atoms with Crippen molar-refractivity contribution in [1.82, 2.24) is 5.32 Å². The number of amides is 1. The van der Waals surface area contributed by atoms with Gasteiger partial charge >= 0.3 is 17.8 Å². The second-order valence-corrected chi connectivity index (χ2v) is 7.98. The lowest BCUT2D eigenvalue weighted by atomic mass is 10.0. The molecule has 0 heterocycles. The van der Waals surface area contributed by atoms with Gasteiger partial charge < -0.3 is 20.3 Å². The molecule has 0 aliphatic rings. The molecule has 0 unspecified atom stereocenters. The smallest absolute Gasteiger partial charge is 0.420 e. The van der Waals surface area contributed by atoms with E-state index in [1.807, 2.05) is 19.1 Å². The zero-order chi connectivity index (χ0) is 20.1. The number of alkyl carbamates (subject to hydrolysis) is 1. The summed E-state index contributed by atoms with van der Waals surface area (Å²) in [6, 6.07) is 6.08. The summed E-state index contributed by atoms with van der Waals surface area (Å²) >= 11 is 0. The molecule has 1 N–H and O–H groups in total. The molecule has 1 aromatic carbocycles. The Hall–Kier alpha value is -2.66. The monoisotopic (exact) mass is 361 g/mol. The molecule has 26 heavy (non-hydrogen) atoms. The van der Waals surface area contributed by atoms with E-state index in [1.54, 1.807) is 53.7 Å². The molecule has 0 aliphatic carbocycles. The van der Waals surface area contributed by atoms with Crippen LogP contribution < -0.4 is 5.32 Å². The SMILES string of the molecule is Cc1ccc([C@@H](NC(=O)OC(C)(C)C)C(=[N+]=[N-])C(=O)OC(C)(C)C)cc1. The molecule has 0 radical (unpaired) electrons. The van der Waals surface area contributed by atoms with Crippen LogP contribution in [0.3, 0.4) is 0 Å². The lowest BCUT2D eigenvalue weighted by Gasteiger charge is -2.23. The number of carbonyl (C=O) groups is 2. The summed E-state index contributed by atoms with van der Waals surface area (Å²) in [6.45, 7) is 12.2.